The van der Waals surface area contributed by atoms with Crippen molar-refractivity contribution >= 4 is 22.2 Å². The fourth-order valence-corrected chi connectivity index (χ4v) is 5.02. The number of fused-ring (bicyclic) bond motifs is 2. The molecule has 0 unspecified atom stereocenters. The van der Waals surface area contributed by atoms with Crippen LogP contribution in [-0.2, 0) is 0 Å². The van der Waals surface area contributed by atoms with Crippen molar-refractivity contribution in [2.24, 2.45) is 0 Å². The molecule has 0 saturated heterocycles. The van der Waals surface area contributed by atoms with Gasteiger partial charge in [0.15, 0.2) is 0 Å². The normalized spacial score (nSPS) is 12.4. The van der Waals surface area contributed by atoms with E-state index in [2.05, 4.69) is 16.5 Å². The first kappa shape index (κ1) is 23.7. The zero-order valence-corrected chi connectivity index (χ0v) is 20.6. The molecular formula is C30H27F2N3O. The number of carbonyl (C=O) groups is 1. The van der Waals surface area contributed by atoms with Crippen LogP contribution in [0.25, 0.3) is 27.4 Å². The SMILES string of the molecule is Cc1nn2c(C(C)C)c(C(=O)N[C@@H](C)c3cccc4ccccc34)ccc2c1-c1c(F)cccc1F. The molecule has 36 heavy (non-hydrogen) atoms. The Morgan fingerprint density at radius 1 is 0.861 bits per heavy atom. The summed E-state index contributed by atoms with van der Waals surface area (Å²) in [4.78, 5) is 13.5. The Balaban J connectivity index is 1.58. The molecule has 4 nitrogen and oxygen atoms in total. The first-order valence-corrected chi connectivity index (χ1v) is 12.0. The maximum absolute atomic E-state index is 14.7. The molecule has 0 spiro atoms. The van der Waals surface area contributed by atoms with Crippen LogP contribution in [0.4, 0.5) is 8.78 Å². The average Bonchev–Trinajstić information content (AvgIpc) is 3.18. The summed E-state index contributed by atoms with van der Waals surface area (Å²) in [5.41, 5.74) is 3.52. The molecule has 0 saturated carbocycles. The van der Waals surface area contributed by atoms with Gasteiger partial charge in [0, 0.05) is 5.56 Å². The molecule has 0 fully saturated rings. The first-order chi connectivity index (χ1) is 17.3. The van der Waals surface area contributed by atoms with Crippen molar-refractivity contribution in [3.63, 3.8) is 0 Å². The highest BCUT2D eigenvalue weighted by Crippen LogP contribution is 2.35. The van der Waals surface area contributed by atoms with Gasteiger partial charge in [-0.3, -0.25) is 4.79 Å². The Labute approximate surface area is 208 Å². The molecule has 0 aliphatic heterocycles. The van der Waals surface area contributed by atoms with Crippen molar-refractivity contribution in [1.29, 1.82) is 0 Å². The molecule has 3 aromatic carbocycles. The number of benzene rings is 3. The Kier molecular flexibility index (Phi) is 6.04. The van der Waals surface area contributed by atoms with Gasteiger partial charge >= 0.3 is 0 Å². The third-order valence-corrected chi connectivity index (χ3v) is 6.65. The molecule has 2 heterocycles. The lowest BCUT2D eigenvalue weighted by molar-refractivity contribution is 0.0938. The number of hydrogen-bond acceptors (Lipinski definition) is 2. The third kappa shape index (κ3) is 3.92. The third-order valence-electron chi connectivity index (χ3n) is 6.65. The maximum Gasteiger partial charge on any atom is 0.253 e. The lowest BCUT2D eigenvalue weighted by Crippen LogP contribution is -2.28. The molecule has 0 aliphatic carbocycles. The number of rotatable bonds is 5. The van der Waals surface area contributed by atoms with Crippen molar-refractivity contribution in [1.82, 2.24) is 14.9 Å². The lowest BCUT2D eigenvalue weighted by Gasteiger charge is -2.19. The highest BCUT2D eigenvalue weighted by molar-refractivity contribution is 5.97. The van der Waals surface area contributed by atoms with E-state index in [-0.39, 0.29) is 23.4 Å². The van der Waals surface area contributed by atoms with Crippen molar-refractivity contribution in [2.45, 2.75) is 39.7 Å². The number of nitrogens with one attached hydrogen (secondary N) is 1. The largest absolute Gasteiger partial charge is 0.345 e. The molecule has 0 bridgehead atoms. The van der Waals surface area contributed by atoms with E-state index in [0.717, 1.165) is 16.3 Å². The van der Waals surface area contributed by atoms with Gasteiger partial charge in [-0.1, -0.05) is 62.4 Å². The summed E-state index contributed by atoms with van der Waals surface area (Å²) >= 11 is 0. The van der Waals surface area contributed by atoms with Crippen molar-refractivity contribution in [2.75, 3.05) is 0 Å². The van der Waals surface area contributed by atoms with E-state index in [9.17, 15) is 13.6 Å². The van der Waals surface area contributed by atoms with Crippen LogP contribution in [0, 0.1) is 18.6 Å². The van der Waals surface area contributed by atoms with Crippen molar-refractivity contribution < 1.29 is 13.6 Å². The molecule has 5 rings (SSSR count). The average molecular weight is 484 g/mol. The summed E-state index contributed by atoms with van der Waals surface area (Å²) in [6.07, 6.45) is 0. The first-order valence-electron chi connectivity index (χ1n) is 12.0. The van der Waals surface area contributed by atoms with E-state index >= 15 is 0 Å². The second kappa shape index (κ2) is 9.19. The standard InChI is InChI=1S/C30H27F2N3O/c1-17(2)29-23(30(36)33-18(3)21-12-7-10-20-9-5-6-11-22(20)21)15-16-26-27(19(4)34-35(26)29)28-24(31)13-8-14-25(28)32/h5-18H,1-4H3,(H,33,36)/t18-/m0/s1. The van der Waals surface area contributed by atoms with Crippen LogP contribution in [0.1, 0.15) is 60.0 Å². The van der Waals surface area contributed by atoms with Crippen LogP contribution in [0.5, 0.6) is 0 Å². The quantitative estimate of drug-likeness (QED) is 0.284. The molecule has 2 aromatic heterocycles. The second-order valence-electron chi connectivity index (χ2n) is 9.40. The zero-order chi connectivity index (χ0) is 25.6. The van der Waals surface area contributed by atoms with Gasteiger partial charge in [0.05, 0.1) is 34.1 Å². The summed E-state index contributed by atoms with van der Waals surface area (Å²) < 4.78 is 31.0. The number of nitrogens with zero attached hydrogens (tertiary/aromatic N) is 2. The fourth-order valence-electron chi connectivity index (χ4n) is 5.02. The number of halogens is 2. The van der Waals surface area contributed by atoms with Crippen LogP contribution in [-0.4, -0.2) is 15.5 Å². The summed E-state index contributed by atoms with van der Waals surface area (Å²) in [6, 6.07) is 21.2. The summed E-state index contributed by atoms with van der Waals surface area (Å²) in [6.45, 7) is 7.63. The topological polar surface area (TPSA) is 46.4 Å². The molecule has 182 valence electrons. The van der Waals surface area contributed by atoms with E-state index in [1.807, 2.05) is 57.2 Å². The monoisotopic (exact) mass is 483 g/mol. The van der Waals surface area contributed by atoms with Crippen LogP contribution in [0.2, 0.25) is 0 Å². The predicted molar refractivity (Wildman–Crippen MR) is 139 cm³/mol. The Morgan fingerprint density at radius 3 is 2.25 bits per heavy atom. The van der Waals surface area contributed by atoms with Gasteiger partial charge in [0.2, 0.25) is 0 Å². The van der Waals surface area contributed by atoms with E-state index in [1.165, 1.54) is 18.2 Å². The molecule has 1 atom stereocenters. The summed E-state index contributed by atoms with van der Waals surface area (Å²) in [5, 5.41) is 9.95. The Morgan fingerprint density at radius 2 is 1.53 bits per heavy atom. The number of aromatic nitrogens is 2. The molecule has 5 aromatic rings. The van der Waals surface area contributed by atoms with Crippen LogP contribution in [0.15, 0.2) is 72.8 Å². The molecule has 6 heteroatoms. The highest BCUT2D eigenvalue weighted by atomic mass is 19.1. The van der Waals surface area contributed by atoms with Crippen LogP contribution in [0.3, 0.4) is 0 Å². The fraction of sp³-hybridized carbons (Fsp3) is 0.200. The number of hydrogen-bond donors (Lipinski definition) is 1. The predicted octanol–water partition coefficient (Wildman–Crippen LogP) is 7.36. The minimum Gasteiger partial charge on any atom is -0.345 e. The van der Waals surface area contributed by atoms with Gasteiger partial charge in [-0.15, -0.1) is 0 Å². The van der Waals surface area contributed by atoms with Gasteiger partial charge in [0.1, 0.15) is 11.6 Å². The van der Waals surface area contributed by atoms with Gasteiger partial charge in [-0.25, -0.2) is 13.3 Å². The number of carbonyl (C=O) groups excluding carboxylic acids is 1. The lowest BCUT2D eigenvalue weighted by atomic mass is 9.98. The van der Waals surface area contributed by atoms with Gasteiger partial charge in [-0.05, 0) is 60.4 Å². The van der Waals surface area contributed by atoms with Gasteiger partial charge < -0.3 is 5.32 Å². The van der Waals surface area contributed by atoms with E-state index in [1.54, 1.807) is 23.6 Å². The van der Waals surface area contributed by atoms with Crippen LogP contribution >= 0.6 is 0 Å². The van der Waals surface area contributed by atoms with E-state index in [0.29, 0.717) is 28.0 Å². The van der Waals surface area contributed by atoms with Crippen molar-refractivity contribution in [3.8, 4) is 11.1 Å². The number of amides is 1. The Bertz CT molecular complexity index is 1590. The number of pyridine rings is 1. The van der Waals surface area contributed by atoms with Crippen molar-refractivity contribution in [3.05, 3.63) is 107 Å². The maximum atomic E-state index is 14.7. The minimum absolute atomic E-state index is 0.0695. The molecule has 1 N–H and O–H groups in total. The minimum atomic E-state index is -0.648. The second-order valence-corrected chi connectivity index (χ2v) is 9.40. The molecule has 0 radical (unpaired) electrons. The number of aryl methyl sites for hydroxylation is 1. The summed E-state index contributed by atoms with van der Waals surface area (Å²) in [5.74, 6) is -1.60. The van der Waals surface area contributed by atoms with E-state index in [4.69, 9.17) is 0 Å². The van der Waals surface area contributed by atoms with E-state index < -0.39 is 11.6 Å². The molecule has 0 aliphatic rings. The van der Waals surface area contributed by atoms with Gasteiger partial charge in [-0.2, -0.15) is 5.10 Å². The van der Waals surface area contributed by atoms with Crippen LogP contribution < -0.4 is 5.32 Å². The van der Waals surface area contributed by atoms with Gasteiger partial charge in [0.25, 0.3) is 5.91 Å². The summed E-state index contributed by atoms with van der Waals surface area (Å²) in [7, 11) is 0. The zero-order valence-electron chi connectivity index (χ0n) is 20.6. The highest BCUT2D eigenvalue weighted by Gasteiger charge is 2.25. The molecular weight excluding hydrogens is 456 g/mol. The Hall–Kier alpha value is -4.06. The molecule has 1 amide bonds. The smallest absolute Gasteiger partial charge is 0.253 e.